The van der Waals surface area contributed by atoms with Crippen LogP contribution in [0, 0.1) is 5.41 Å². The molecule has 0 aromatic heterocycles. The lowest BCUT2D eigenvalue weighted by molar-refractivity contribution is -0.149. The molecule has 2 atom stereocenters. The van der Waals surface area contributed by atoms with Crippen LogP contribution in [0.15, 0.2) is 48.5 Å². The van der Waals surface area contributed by atoms with Crippen LogP contribution < -0.4 is 5.32 Å². The van der Waals surface area contributed by atoms with Crippen molar-refractivity contribution in [2.45, 2.75) is 58.6 Å². The molecule has 3 N–H and O–H groups in total. The van der Waals surface area contributed by atoms with Gasteiger partial charge in [-0.1, -0.05) is 48.0 Å². The lowest BCUT2D eigenvalue weighted by atomic mass is 9.79. The van der Waals surface area contributed by atoms with Crippen LogP contribution in [0.25, 0.3) is 11.1 Å². The van der Waals surface area contributed by atoms with Crippen LogP contribution in [-0.4, -0.2) is 40.5 Å². The predicted molar refractivity (Wildman–Crippen MR) is 126 cm³/mol. The Morgan fingerprint density at radius 1 is 1.06 bits per heavy atom. The molecule has 6 nitrogen and oxygen atoms in total. The molecule has 0 aliphatic heterocycles. The minimum atomic E-state index is -1.19. The maximum atomic E-state index is 12.4. The zero-order valence-corrected chi connectivity index (χ0v) is 19.8. The number of aliphatic hydroxyl groups is 1. The molecule has 2 aromatic rings. The third kappa shape index (κ3) is 7.84. The van der Waals surface area contributed by atoms with E-state index in [2.05, 4.69) is 5.32 Å². The van der Waals surface area contributed by atoms with Crippen molar-refractivity contribution in [2.75, 3.05) is 6.61 Å². The molecule has 32 heavy (non-hydrogen) atoms. The van der Waals surface area contributed by atoms with E-state index in [1.54, 1.807) is 27.7 Å². The number of carbonyl (C=O) groups excluding carboxylic acids is 1. The van der Waals surface area contributed by atoms with Gasteiger partial charge in [-0.05, 0) is 75.8 Å². The van der Waals surface area contributed by atoms with E-state index in [9.17, 15) is 19.8 Å². The fraction of sp³-hybridized carbons (Fsp3) is 0.440. The fourth-order valence-corrected chi connectivity index (χ4v) is 3.71. The number of rotatable bonds is 9. The molecule has 174 valence electrons. The fourth-order valence-electron chi connectivity index (χ4n) is 3.52. The van der Waals surface area contributed by atoms with Crippen LogP contribution in [0.3, 0.4) is 0 Å². The molecule has 7 heteroatoms. The van der Waals surface area contributed by atoms with Crippen molar-refractivity contribution < 1.29 is 24.5 Å². The molecule has 0 radical (unpaired) electrons. The molecular weight excluding hydrogens is 430 g/mol. The Bertz CT molecular complexity index is 923. The zero-order valence-electron chi connectivity index (χ0n) is 19.0. The van der Waals surface area contributed by atoms with Crippen molar-refractivity contribution >= 4 is 23.7 Å². The van der Waals surface area contributed by atoms with Gasteiger partial charge >= 0.3 is 12.1 Å². The van der Waals surface area contributed by atoms with Crippen LogP contribution in [0.2, 0.25) is 5.02 Å². The first-order valence-electron chi connectivity index (χ1n) is 10.6. The molecule has 0 saturated carbocycles. The first-order valence-corrected chi connectivity index (χ1v) is 11.0. The second-order valence-corrected chi connectivity index (χ2v) is 9.73. The largest absolute Gasteiger partial charge is 0.481 e. The Labute approximate surface area is 194 Å². The number of carbonyl (C=O) groups is 2. The number of hydrogen-bond acceptors (Lipinski definition) is 4. The van der Waals surface area contributed by atoms with E-state index in [1.807, 2.05) is 48.5 Å². The summed E-state index contributed by atoms with van der Waals surface area (Å²) in [6.45, 7) is 6.63. The van der Waals surface area contributed by atoms with Gasteiger partial charge in [-0.25, -0.2) is 4.79 Å². The zero-order chi connectivity index (χ0) is 23.9. The van der Waals surface area contributed by atoms with Gasteiger partial charge in [0.05, 0.1) is 5.41 Å². The van der Waals surface area contributed by atoms with Gasteiger partial charge in [0.2, 0.25) is 0 Å². The van der Waals surface area contributed by atoms with E-state index in [0.29, 0.717) is 11.4 Å². The van der Waals surface area contributed by atoms with Crippen LogP contribution >= 0.6 is 11.6 Å². The summed E-state index contributed by atoms with van der Waals surface area (Å²) in [6, 6.07) is 14.9. The summed E-state index contributed by atoms with van der Waals surface area (Å²) in [4.78, 5) is 24.3. The molecule has 0 aliphatic rings. The summed E-state index contributed by atoms with van der Waals surface area (Å²) >= 11 is 6.08. The van der Waals surface area contributed by atoms with E-state index < -0.39 is 29.1 Å². The summed E-state index contributed by atoms with van der Waals surface area (Å²) in [5, 5.41) is 22.6. The van der Waals surface area contributed by atoms with Crippen molar-refractivity contribution in [3.05, 3.63) is 59.1 Å². The lowest BCUT2D eigenvalue weighted by Crippen LogP contribution is -2.44. The number of carboxylic acids is 1. The Kier molecular flexibility index (Phi) is 8.70. The van der Waals surface area contributed by atoms with Crippen molar-refractivity contribution in [1.29, 1.82) is 0 Å². The number of hydrogen-bond donors (Lipinski definition) is 3. The number of carboxylic acid groups (broad SMARTS) is 1. The first-order chi connectivity index (χ1) is 14.9. The average molecular weight is 462 g/mol. The molecule has 0 fully saturated rings. The molecule has 0 unspecified atom stereocenters. The summed E-state index contributed by atoms with van der Waals surface area (Å²) < 4.78 is 5.37. The van der Waals surface area contributed by atoms with Gasteiger partial charge in [-0.2, -0.15) is 0 Å². The summed E-state index contributed by atoms with van der Waals surface area (Å²) in [7, 11) is 0. The topological polar surface area (TPSA) is 95.9 Å². The Balaban J connectivity index is 2.22. The molecule has 0 aliphatic carbocycles. The van der Waals surface area contributed by atoms with E-state index in [0.717, 1.165) is 16.7 Å². The van der Waals surface area contributed by atoms with Crippen LogP contribution in [0.1, 0.15) is 46.1 Å². The molecular formula is C25H32ClNO5. The average Bonchev–Trinajstić information content (AvgIpc) is 2.67. The minimum absolute atomic E-state index is 0.0858. The maximum absolute atomic E-state index is 12.4. The third-order valence-corrected chi connectivity index (χ3v) is 5.43. The number of ether oxygens (including phenoxy) is 1. The number of halogens is 1. The molecule has 2 aromatic carbocycles. The highest BCUT2D eigenvalue weighted by molar-refractivity contribution is 6.30. The predicted octanol–water partition coefficient (Wildman–Crippen LogP) is 5.31. The number of alkyl carbamates (subject to hydrolysis) is 1. The number of amides is 1. The Morgan fingerprint density at radius 3 is 2.25 bits per heavy atom. The van der Waals surface area contributed by atoms with Gasteiger partial charge in [0.1, 0.15) is 5.60 Å². The van der Waals surface area contributed by atoms with Gasteiger partial charge in [0.25, 0.3) is 0 Å². The van der Waals surface area contributed by atoms with Gasteiger partial charge < -0.3 is 20.3 Å². The number of benzene rings is 2. The summed E-state index contributed by atoms with van der Waals surface area (Å²) in [5.74, 6) is -1.01. The number of aliphatic carboxylic acids is 1. The second kappa shape index (κ2) is 10.8. The van der Waals surface area contributed by atoms with Gasteiger partial charge in [0, 0.05) is 17.7 Å². The third-order valence-electron chi connectivity index (χ3n) is 5.19. The van der Waals surface area contributed by atoms with Crippen molar-refractivity contribution in [1.82, 2.24) is 5.32 Å². The SMILES string of the molecule is CC(C)(C)OC(=O)N[C@H](Cc1ccc(-c2cccc(Cl)c2)cc1)C[C@@](C)(CCO)C(=O)O. The number of nitrogens with one attached hydrogen (secondary N) is 1. The molecule has 0 saturated heterocycles. The van der Waals surface area contributed by atoms with Crippen LogP contribution in [0.5, 0.6) is 0 Å². The number of aliphatic hydroxyl groups excluding tert-OH is 1. The molecule has 0 bridgehead atoms. The lowest BCUT2D eigenvalue weighted by Gasteiger charge is -2.30. The standard InChI is InChI=1S/C25H32ClNO5/c1-24(2,3)32-23(31)27-21(16-25(4,12-13-28)22(29)30)14-17-8-10-18(11-9-17)19-6-5-7-20(26)15-19/h5-11,15,21,28H,12-14,16H2,1-4H3,(H,27,31)(H,29,30)/t21-,25-/m1/s1. The first kappa shape index (κ1) is 25.7. The summed E-state index contributed by atoms with van der Waals surface area (Å²) in [6.07, 6.45) is 0.0548. The van der Waals surface area contributed by atoms with Gasteiger partial charge in [-0.3, -0.25) is 4.79 Å². The highest BCUT2D eigenvalue weighted by atomic mass is 35.5. The van der Waals surface area contributed by atoms with Gasteiger partial charge in [0.15, 0.2) is 0 Å². The van der Waals surface area contributed by atoms with Gasteiger partial charge in [-0.15, -0.1) is 0 Å². The Morgan fingerprint density at radius 2 is 1.72 bits per heavy atom. The molecule has 0 spiro atoms. The van der Waals surface area contributed by atoms with E-state index in [-0.39, 0.29) is 19.4 Å². The Hall–Kier alpha value is -2.57. The smallest absolute Gasteiger partial charge is 0.407 e. The van der Waals surface area contributed by atoms with E-state index >= 15 is 0 Å². The maximum Gasteiger partial charge on any atom is 0.407 e. The molecule has 0 heterocycles. The molecule has 2 rings (SSSR count). The van der Waals surface area contributed by atoms with Crippen molar-refractivity contribution in [3.63, 3.8) is 0 Å². The summed E-state index contributed by atoms with van der Waals surface area (Å²) in [5.41, 5.74) is 1.08. The van der Waals surface area contributed by atoms with E-state index in [4.69, 9.17) is 16.3 Å². The highest BCUT2D eigenvalue weighted by Crippen LogP contribution is 2.30. The minimum Gasteiger partial charge on any atom is -0.481 e. The monoisotopic (exact) mass is 461 g/mol. The second-order valence-electron chi connectivity index (χ2n) is 9.30. The quantitative estimate of drug-likeness (QED) is 0.470. The molecule has 1 amide bonds. The van der Waals surface area contributed by atoms with Crippen molar-refractivity contribution in [3.8, 4) is 11.1 Å². The normalized spacial score (nSPS) is 14.3. The van der Waals surface area contributed by atoms with Crippen molar-refractivity contribution in [2.24, 2.45) is 5.41 Å². The highest BCUT2D eigenvalue weighted by Gasteiger charge is 2.36. The van der Waals surface area contributed by atoms with E-state index in [1.165, 1.54) is 0 Å². The van der Waals surface area contributed by atoms with Crippen LogP contribution in [0.4, 0.5) is 4.79 Å². The van der Waals surface area contributed by atoms with Crippen LogP contribution in [-0.2, 0) is 16.0 Å².